The zero-order chi connectivity index (χ0) is 26.5. The third-order valence-electron chi connectivity index (χ3n) is 6.39. The maximum atomic E-state index is 12.7. The van der Waals surface area contributed by atoms with Crippen LogP contribution in [-0.4, -0.2) is 75.2 Å². The first-order valence-corrected chi connectivity index (χ1v) is 12.6. The largest absolute Gasteiger partial charge is 0.456 e. The molecule has 3 aromatic heterocycles. The molecule has 0 bridgehead atoms. The molecule has 4 aromatic rings. The average molecular weight is 514 g/mol. The number of nitrogens with zero attached hydrogens (tertiary/aromatic N) is 5. The molecule has 10 nitrogen and oxygen atoms in total. The number of hydrogen-bond donors (Lipinski definition) is 2. The van der Waals surface area contributed by atoms with Gasteiger partial charge in [-0.2, -0.15) is 5.10 Å². The average Bonchev–Trinajstić information content (AvgIpc) is 3.54. The van der Waals surface area contributed by atoms with Crippen LogP contribution in [0.2, 0.25) is 0 Å². The van der Waals surface area contributed by atoms with Crippen molar-refractivity contribution >= 4 is 22.8 Å². The first-order chi connectivity index (χ1) is 18.5. The van der Waals surface area contributed by atoms with Crippen molar-refractivity contribution in [1.29, 1.82) is 0 Å². The predicted molar refractivity (Wildman–Crippen MR) is 147 cm³/mol. The summed E-state index contributed by atoms with van der Waals surface area (Å²) in [5, 5.41) is 11.5. The molecular formula is C28H31N7O3. The predicted octanol–water partition coefficient (Wildman–Crippen LogP) is 3.09. The highest BCUT2D eigenvalue weighted by atomic mass is 16.5. The Labute approximate surface area is 220 Å². The van der Waals surface area contributed by atoms with Crippen molar-refractivity contribution in [2.24, 2.45) is 0 Å². The van der Waals surface area contributed by atoms with Crippen molar-refractivity contribution < 1.29 is 9.53 Å². The van der Waals surface area contributed by atoms with Gasteiger partial charge in [0.25, 0.3) is 5.56 Å². The van der Waals surface area contributed by atoms with Gasteiger partial charge < -0.3 is 24.4 Å². The van der Waals surface area contributed by atoms with E-state index in [0.717, 1.165) is 18.5 Å². The summed E-state index contributed by atoms with van der Waals surface area (Å²) in [6.07, 6.45) is 7.67. The maximum absolute atomic E-state index is 12.7. The van der Waals surface area contributed by atoms with Gasteiger partial charge in [0.15, 0.2) is 11.5 Å². The molecule has 1 amide bonds. The van der Waals surface area contributed by atoms with E-state index in [2.05, 4.69) is 20.5 Å². The van der Waals surface area contributed by atoms with Gasteiger partial charge in [0.05, 0.1) is 6.54 Å². The molecule has 1 fully saturated rings. The lowest BCUT2D eigenvalue weighted by atomic mass is 10.2. The summed E-state index contributed by atoms with van der Waals surface area (Å²) in [6, 6.07) is 14.9. The number of fused-ring (bicyclic) bond motifs is 1. The zero-order valence-electron chi connectivity index (χ0n) is 21.5. The van der Waals surface area contributed by atoms with Gasteiger partial charge in [0.1, 0.15) is 16.9 Å². The first kappa shape index (κ1) is 25.2. The number of rotatable bonds is 9. The van der Waals surface area contributed by atoms with Crippen molar-refractivity contribution in [2.75, 3.05) is 39.0 Å². The molecule has 4 heterocycles. The van der Waals surface area contributed by atoms with Crippen LogP contribution in [0, 0.1) is 0 Å². The Balaban J connectivity index is 1.29. The fraction of sp³-hybridized carbons (Fsp3) is 0.286. The molecule has 196 valence electrons. The number of ether oxygens (including phenoxy) is 1. The number of likely N-dealkylation sites (tertiary alicyclic amines) is 1. The summed E-state index contributed by atoms with van der Waals surface area (Å²) in [6.45, 7) is 2.46. The van der Waals surface area contributed by atoms with Gasteiger partial charge in [0.2, 0.25) is 5.91 Å². The van der Waals surface area contributed by atoms with Crippen LogP contribution in [0.3, 0.4) is 0 Å². The highest BCUT2D eigenvalue weighted by Gasteiger charge is 2.26. The van der Waals surface area contributed by atoms with Gasteiger partial charge in [0, 0.05) is 56.3 Å². The molecule has 1 unspecified atom stereocenters. The molecular weight excluding hydrogens is 482 g/mol. The summed E-state index contributed by atoms with van der Waals surface area (Å²) in [4.78, 5) is 33.4. The minimum atomic E-state index is -0.155. The highest BCUT2D eigenvalue weighted by Crippen LogP contribution is 2.33. The number of amides is 1. The minimum absolute atomic E-state index is 0.00993. The number of benzene rings is 1. The number of aromatic nitrogens is 4. The summed E-state index contributed by atoms with van der Waals surface area (Å²) in [7, 11) is 3.93. The van der Waals surface area contributed by atoms with Gasteiger partial charge in [-0.05, 0) is 32.1 Å². The van der Waals surface area contributed by atoms with E-state index in [1.807, 2.05) is 60.3 Å². The summed E-state index contributed by atoms with van der Waals surface area (Å²) in [5.74, 6) is 1.57. The Bertz CT molecular complexity index is 1490. The van der Waals surface area contributed by atoms with Crippen molar-refractivity contribution in [1.82, 2.24) is 29.5 Å². The number of carbonyl (C=O) groups excluding carboxylic acids is 1. The maximum Gasteiger partial charge on any atom is 0.254 e. The Morgan fingerprint density at radius 1 is 1.24 bits per heavy atom. The Kier molecular flexibility index (Phi) is 7.50. The van der Waals surface area contributed by atoms with Crippen LogP contribution >= 0.6 is 0 Å². The quantitative estimate of drug-likeness (QED) is 0.331. The second-order valence-electron chi connectivity index (χ2n) is 9.60. The van der Waals surface area contributed by atoms with Gasteiger partial charge in [-0.1, -0.05) is 36.4 Å². The first-order valence-electron chi connectivity index (χ1n) is 12.6. The van der Waals surface area contributed by atoms with Crippen LogP contribution in [-0.2, 0) is 11.3 Å². The molecule has 38 heavy (non-hydrogen) atoms. The third kappa shape index (κ3) is 5.92. The molecule has 0 aliphatic carbocycles. The Morgan fingerprint density at radius 3 is 2.87 bits per heavy atom. The fourth-order valence-electron chi connectivity index (χ4n) is 4.44. The second kappa shape index (κ2) is 11.3. The Morgan fingerprint density at radius 2 is 2.08 bits per heavy atom. The van der Waals surface area contributed by atoms with E-state index in [4.69, 9.17) is 4.74 Å². The molecule has 1 aliphatic rings. The van der Waals surface area contributed by atoms with Crippen molar-refractivity contribution in [3.05, 3.63) is 89.0 Å². The van der Waals surface area contributed by atoms with Crippen molar-refractivity contribution in [3.63, 3.8) is 0 Å². The van der Waals surface area contributed by atoms with Crippen molar-refractivity contribution in [2.45, 2.75) is 19.0 Å². The van der Waals surface area contributed by atoms with Gasteiger partial charge in [-0.25, -0.2) is 4.98 Å². The number of nitrogens with one attached hydrogen (secondary N) is 2. The number of H-pyrrole nitrogens is 1. The number of pyridine rings is 2. The number of hydrogen-bond acceptors (Lipinski definition) is 7. The molecule has 1 aromatic carbocycles. The molecule has 1 aliphatic heterocycles. The van der Waals surface area contributed by atoms with Gasteiger partial charge in [-0.15, -0.1) is 0 Å². The molecule has 0 spiro atoms. The SMILES string of the molecule is CN(C)CC=CC(=O)N1CCC(Nc2n[nH]c3nccc(Oc4ccn(Cc5ccccc5)c(=O)c4)c23)C1. The van der Waals surface area contributed by atoms with Gasteiger partial charge >= 0.3 is 0 Å². The molecule has 0 saturated carbocycles. The molecule has 0 radical (unpaired) electrons. The molecule has 1 atom stereocenters. The van der Waals surface area contributed by atoms with E-state index in [1.54, 1.807) is 35.2 Å². The number of likely N-dealkylation sites (N-methyl/N-ethyl adjacent to an activating group) is 1. The molecule has 10 heteroatoms. The molecule has 2 N–H and O–H groups in total. The lowest BCUT2D eigenvalue weighted by molar-refractivity contribution is -0.125. The normalized spacial score (nSPS) is 15.6. The van der Waals surface area contributed by atoms with Crippen LogP contribution in [0.5, 0.6) is 11.5 Å². The topological polar surface area (TPSA) is 108 Å². The molecule has 1 saturated heterocycles. The van der Waals surface area contributed by atoms with E-state index < -0.39 is 0 Å². The van der Waals surface area contributed by atoms with Crippen LogP contribution in [0.1, 0.15) is 12.0 Å². The Hall–Kier alpha value is -4.44. The van der Waals surface area contributed by atoms with Crippen LogP contribution in [0.25, 0.3) is 11.0 Å². The van der Waals surface area contributed by atoms with Crippen LogP contribution in [0.4, 0.5) is 5.82 Å². The number of aromatic amines is 1. The second-order valence-corrected chi connectivity index (χ2v) is 9.60. The lowest BCUT2D eigenvalue weighted by Crippen LogP contribution is -2.30. The van der Waals surface area contributed by atoms with E-state index in [0.29, 0.717) is 48.0 Å². The van der Waals surface area contributed by atoms with E-state index >= 15 is 0 Å². The number of anilines is 1. The summed E-state index contributed by atoms with van der Waals surface area (Å²) < 4.78 is 7.77. The monoisotopic (exact) mass is 513 g/mol. The van der Waals surface area contributed by atoms with E-state index in [9.17, 15) is 9.59 Å². The van der Waals surface area contributed by atoms with Crippen molar-refractivity contribution in [3.8, 4) is 11.5 Å². The highest BCUT2D eigenvalue weighted by molar-refractivity contribution is 5.93. The summed E-state index contributed by atoms with van der Waals surface area (Å²) >= 11 is 0. The van der Waals surface area contributed by atoms with Gasteiger partial charge in [-0.3, -0.25) is 14.7 Å². The van der Waals surface area contributed by atoms with E-state index in [-0.39, 0.29) is 17.5 Å². The summed E-state index contributed by atoms with van der Waals surface area (Å²) in [5.41, 5.74) is 1.46. The lowest BCUT2D eigenvalue weighted by Gasteiger charge is -2.16. The minimum Gasteiger partial charge on any atom is -0.456 e. The van der Waals surface area contributed by atoms with Crippen LogP contribution in [0.15, 0.2) is 77.9 Å². The fourth-order valence-corrected chi connectivity index (χ4v) is 4.44. The van der Waals surface area contributed by atoms with Crippen LogP contribution < -0.4 is 15.6 Å². The van der Waals surface area contributed by atoms with E-state index in [1.165, 1.54) is 6.07 Å². The third-order valence-corrected chi connectivity index (χ3v) is 6.39. The number of carbonyl (C=O) groups is 1. The smallest absolute Gasteiger partial charge is 0.254 e. The zero-order valence-corrected chi connectivity index (χ0v) is 21.5. The standard InChI is InChI=1S/C28H31N7O3/c1-33(2)14-6-9-24(36)35-15-11-21(19-35)30-28-26-23(10-13-29-27(26)31-32-28)38-22-12-16-34(25(37)17-22)18-20-7-4-3-5-8-20/h3-10,12-13,16-17,21H,11,14-15,18-19H2,1-2H3,(H2,29,30,31,32). The molecule has 5 rings (SSSR count).